The highest BCUT2D eigenvalue weighted by Gasteiger charge is 2.29. The average Bonchev–Trinajstić information content (AvgIpc) is 3.08. The Balaban J connectivity index is 1.97. The summed E-state index contributed by atoms with van der Waals surface area (Å²) in [6.07, 6.45) is 1.86. The lowest BCUT2D eigenvalue weighted by Gasteiger charge is -2.24. The maximum atomic E-state index is 5.69. The Hall–Kier alpha value is -1.65. The summed E-state index contributed by atoms with van der Waals surface area (Å²) < 4.78 is 0. The van der Waals surface area contributed by atoms with E-state index in [9.17, 15) is 0 Å². The van der Waals surface area contributed by atoms with Crippen LogP contribution in [0, 0.1) is 6.92 Å². The molecule has 2 heterocycles. The van der Waals surface area contributed by atoms with Crippen LogP contribution in [-0.2, 0) is 0 Å². The van der Waals surface area contributed by atoms with E-state index in [-0.39, 0.29) is 0 Å². The Morgan fingerprint density at radius 2 is 2.15 bits per heavy atom. The van der Waals surface area contributed by atoms with Crippen molar-refractivity contribution in [2.75, 3.05) is 11.6 Å². The number of benzene rings is 1. The van der Waals surface area contributed by atoms with E-state index in [2.05, 4.69) is 53.7 Å². The minimum atomic E-state index is 0.317. The SMILES string of the molecule is Cc1ccccc1N1N=C(CCN)CC1c1cccs1. The van der Waals surface area contributed by atoms with E-state index < -0.39 is 0 Å². The van der Waals surface area contributed by atoms with Crippen LogP contribution < -0.4 is 10.7 Å². The fourth-order valence-electron chi connectivity index (χ4n) is 2.64. The lowest BCUT2D eigenvalue weighted by atomic mass is 10.1. The standard InChI is InChI=1S/C16H19N3S/c1-12-5-2-3-6-14(12)19-15(16-7-4-10-20-16)11-13(18-19)8-9-17/h2-7,10,15H,8-9,11,17H2,1H3. The molecule has 1 aromatic carbocycles. The highest BCUT2D eigenvalue weighted by atomic mass is 32.1. The molecular weight excluding hydrogens is 266 g/mol. The van der Waals surface area contributed by atoms with E-state index in [1.807, 2.05) is 0 Å². The molecule has 0 bridgehead atoms. The third kappa shape index (κ3) is 2.49. The zero-order chi connectivity index (χ0) is 13.9. The minimum absolute atomic E-state index is 0.317. The maximum absolute atomic E-state index is 5.69. The molecule has 1 atom stereocenters. The molecule has 1 unspecified atom stereocenters. The van der Waals surface area contributed by atoms with E-state index in [0.29, 0.717) is 12.6 Å². The van der Waals surface area contributed by atoms with Crippen LogP contribution in [0.1, 0.15) is 29.3 Å². The number of hydrogen-bond donors (Lipinski definition) is 1. The fraction of sp³-hybridized carbons (Fsp3) is 0.312. The van der Waals surface area contributed by atoms with Crippen molar-refractivity contribution < 1.29 is 0 Å². The number of hydrazone groups is 1. The number of rotatable bonds is 4. The molecule has 0 spiro atoms. The van der Waals surface area contributed by atoms with Crippen molar-refractivity contribution in [2.45, 2.75) is 25.8 Å². The summed E-state index contributed by atoms with van der Waals surface area (Å²) in [4.78, 5) is 1.36. The molecule has 2 aromatic rings. The molecule has 3 nitrogen and oxygen atoms in total. The number of anilines is 1. The van der Waals surface area contributed by atoms with Gasteiger partial charge in [0.15, 0.2) is 0 Å². The first-order valence-corrected chi connectivity index (χ1v) is 7.82. The molecule has 104 valence electrons. The van der Waals surface area contributed by atoms with Crippen LogP contribution in [0.2, 0.25) is 0 Å². The second-order valence-corrected chi connectivity index (χ2v) is 6.05. The highest BCUT2D eigenvalue weighted by Crippen LogP contribution is 2.38. The third-order valence-electron chi connectivity index (χ3n) is 3.64. The summed E-state index contributed by atoms with van der Waals surface area (Å²) in [6, 6.07) is 13.0. The van der Waals surface area contributed by atoms with E-state index in [1.54, 1.807) is 11.3 Å². The van der Waals surface area contributed by atoms with Gasteiger partial charge in [-0.2, -0.15) is 5.10 Å². The molecule has 2 N–H and O–H groups in total. The Kier molecular flexibility index (Phi) is 3.85. The molecule has 3 rings (SSSR count). The van der Waals surface area contributed by atoms with Crippen LogP contribution in [0.3, 0.4) is 0 Å². The fourth-order valence-corrected chi connectivity index (χ4v) is 3.45. The summed E-state index contributed by atoms with van der Waals surface area (Å²) in [6.45, 7) is 2.80. The van der Waals surface area contributed by atoms with Crippen LogP contribution >= 0.6 is 11.3 Å². The van der Waals surface area contributed by atoms with Gasteiger partial charge in [0.25, 0.3) is 0 Å². The van der Waals surface area contributed by atoms with Crippen molar-refractivity contribution in [3.63, 3.8) is 0 Å². The number of nitrogens with zero attached hydrogens (tertiary/aromatic N) is 2. The molecule has 0 saturated heterocycles. The smallest absolute Gasteiger partial charge is 0.0920 e. The van der Waals surface area contributed by atoms with Gasteiger partial charge in [-0.1, -0.05) is 24.3 Å². The summed E-state index contributed by atoms with van der Waals surface area (Å²) in [7, 11) is 0. The van der Waals surface area contributed by atoms with Crippen LogP contribution in [0.5, 0.6) is 0 Å². The summed E-state index contributed by atoms with van der Waals surface area (Å²) in [5.74, 6) is 0. The molecular formula is C16H19N3S. The first-order valence-electron chi connectivity index (χ1n) is 6.94. The molecule has 4 heteroatoms. The Bertz CT molecular complexity index is 604. The van der Waals surface area contributed by atoms with Gasteiger partial charge in [-0.3, -0.25) is 5.01 Å². The number of para-hydroxylation sites is 1. The van der Waals surface area contributed by atoms with Crippen molar-refractivity contribution in [3.05, 3.63) is 52.2 Å². The Morgan fingerprint density at radius 1 is 1.30 bits per heavy atom. The van der Waals surface area contributed by atoms with Crippen molar-refractivity contribution in [3.8, 4) is 0 Å². The molecule has 0 amide bonds. The predicted octanol–water partition coefficient (Wildman–Crippen LogP) is 3.71. The van der Waals surface area contributed by atoms with Gasteiger partial charge >= 0.3 is 0 Å². The highest BCUT2D eigenvalue weighted by molar-refractivity contribution is 7.10. The van der Waals surface area contributed by atoms with Crippen LogP contribution in [0.25, 0.3) is 0 Å². The zero-order valence-electron chi connectivity index (χ0n) is 11.6. The van der Waals surface area contributed by atoms with Crippen LogP contribution in [0.4, 0.5) is 5.69 Å². The maximum Gasteiger partial charge on any atom is 0.0920 e. The van der Waals surface area contributed by atoms with Crippen LogP contribution in [0.15, 0.2) is 46.9 Å². The summed E-state index contributed by atoms with van der Waals surface area (Å²) in [5.41, 5.74) is 9.34. The van der Waals surface area contributed by atoms with Gasteiger partial charge in [0.2, 0.25) is 0 Å². The monoisotopic (exact) mass is 285 g/mol. The Labute approximate surface area is 123 Å². The average molecular weight is 285 g/mol. The normalized spacial score (nSPS) is 18.4. The first kappa shape index (κ1) is 13.3. The lowest BCUT2D eigenvalue weighted by molar-refractivity contribution is 0.718. The van der Waals surface area contributed by atoms with Gasteiger partial charge in [-0.05, 0) is 43.0 Å². The van der Waals surface area contributed by atoms with E-state index in [0.717, 1.165) is 12.8 Å². The van der Waals surface area contributed by atoms with E-state index in [1.165, 1.54) is 21.8 Å². The van der Waals surface area contributed by atoms with Gasteiger partial charge in [0.1, 0.15) is 0 Å². The molecule has 0 aliphatic carbocycles. The molecule has 1 aliphatic heterocycles. The molecule has 0 radical (unpaired) electrons. The minimum Gasteiger partial charge on any atom is -0.330 e. The van der Waals surface area contributed by atoms with E-state index in [4.69, 9.17) is 10.8 Å². The molecule has 20 heavy (non-hydrogen) atoms. The third-order valence-corrected chi connectivity index (χ3v) is 4.61. The van der Waals surface area contributed by atoms with Gasteiger partial charge in [0.05, 0.1) is 11.7 Å². The molecule has 1 aliphatic rings. The topological polar surface area (TPSA) is 41.6 Å². The number of nitrogens with two attached hydrogens (primary N) is 1. The largest absolute Gasteiger partial charge is 0.330 e. The zero-order valence-corrected chi connectivity index (χ0v) is 12.4. The number of aryl methyl sites for hydroxylation is 1. The molecule has 0 fully saturated rings. The first-order chi connectivity index (χ1) is 9.79. The second kappa shape index (κ2) is 5.77. The van der Waals surface area contributed by atoms with Gasteiger partial charge in [0, 0.05) is 17.0 Å². The van der Waals surface area contributed by atoms with Crippen molar-refractivity contribution in [2.24, 2.45) is 10.8 Å². The molecule has 0 saturated carbocycles. The second-order valence-electron chi connectivity index (χ2n) is 5.07. The quantitative estimate of drug-likeness (QED) is 0.930. The van der Waals surface area contributed by atoms with Crippen molar-refractivity contribution in [1.82, 2.24) is 0 Å². The van der Waals surface area contributed by atoms with E-state index >= 15 is 0 Å². The van der Waals surface area contributed by atoms with Crippen molar-refractivity contribution >= 4 is 22.7 Å². The van der Waals surface area contributed by atoms with Crippen molar-refractivity contribution in [1.29, 1.82) is 0 Å². The van der Waals surface area contributed by atoms with Gasteiger partial charge in [-0.25, -0.2) is 0 Å². The van der Waals surface area contributed by atoms with Gasteiger partial charge < -0.3 is 5.73 Å². The van der Waals surface area contributed by atoms with Gasteiger partial charge in [-0.15, -0.1) is 11.3 Å². The molecule has 1 aromatic heterocycles. The number of hydrogen-bond acceptors (Lipinski definition) is 4. The number of thiophene rings is 1. The Morgan fingerprint density at radius 3 is 2.85 bits per heavy atom. The summed E-state index contributed by atoms with van der Waals surface area (Å²) >= 11 is 1.80. The lowest BCUT2D eigenvalue weighted by Crippen LogP contribution is -2.18. The van der Waals surface area contributed by atoms with Crippen LogP contribution in [-0.4, -0.2) is 12.3 Å². The predicted molar refractivity (Wildman–Crippen MR) is 86.4 cm³/mol. The summed E-state index contributed by atoms with van der Waals surface area (Å²) in [5, 5.41) is 9.13.